The summed E-state index contributed by atoms with van der Waals surface area (Å²) in [7, 11) is 2.00. The quantitative estimate of drug-likeness (QED) is 0.669. The van der Waals surface area contributed by atoms with Crippen molar-refractivity contribution in [2.45, 2.75) is 39.5 Å². The zero-order valence-electron chi connectivity index (χ0n) is 16.7. The van der Waals surface area contributed by atoms with E-state index in [0.717, 1.165) is 30.8 Å². The summed E-state index contributed by atoms with van der Waals surface area (Å²) in [6.07, 6.45) is 5.20. The Hall–Kier alpha value is -2.13. The fourth-order valence-electron chi connectivity index (χ4n) is 3.35. The topological polar surface area (TPSA) is 19.9 Å². The molecule has 0 aliphatic heterocycles. The Morgan fingerprint density at radius 1 is 1.04 bits per heavy atom. The van der Waals surface area contributed by atoms with E-state index in [2.05, 4.69) is 69.0 Å². The average Bonchev–Trinajstić information content (AvgIpc) is 2.64. The van der Waals surface area contributed by atoms with E-state index in [0.29, 0.717) is 0 Å². The summed E-state index contributed by atoms with van der Waals surface area (Å²) in [6, 6.07) is 13.7. The molecule has 0 radical (unpaired) electrons. The second-order valence-electron chi connectivity index (χ2n) is 7.27. The minimum atomic E-state index is -0.172. The van der Waals surface area contributed by atoms with Crippen LogP contribution in [0.4, 0.5) is 15.8 Å². The van der Waals surface area contributed by atoms with E-state index in [1.807, 2.05) is 18.4 Å². The maximum atomic E-state index is 13.7. The van der Waals surface area contributed by atoms with Gasteiger partial charge in [0.15, 0.2) is 0 Å². The van der Waals surface area contributed by atoms with Crippen LogP contribution in [0, 0.1) is 5.82 Å². The van der Waals surface area contributed by atoms with E-state index < -0.39 is 0 Å². The third kappa shape index (κ3) is 4.95. The van der Waals surface area contributed by atoms with Gasteiger partial charge in [-0.1, -0.05) is 38.1 Å². The highest BCUT2D eigenvalue weighted by atomic mass is 19.1. The lowest BCUT2D eigenvalue weighted by atomic mass is 9.80. The molecule has 2 aromatic rings. The number of anilines is 1. The summed E-state index contributed by atoms with van der Waals surface area (Å²) in [4.78, 5) is 2.34. The second kappa shape index (κ2) is 9.00. The van der Waals surface area contributed by atoms with Crippen molar-refractivity contribution in [2.75, 3.05) is 25.0 Å². The first-order chi connectivity index (χ1) is 12.4. The Labute approximate surface area is 157 Å². The SMILES string of the molecule is CCN(CC)c1ccc(/C=C/CC(C)(C)c2cc(F)ccc2[NH2+]C)cc1. The van der Waals surface area contributed by atoms with Gasteiger partial charge in [0.1, 0.15) is 11.5 Å². The molecule has 0 aromatic heterocycles. The van der Waals surface area contributed by atoms with Crippen molar-refractivity contribution in [1.29, 1.82) is 0 Å². The lowest BCUT2D eigenvalue weighted by Crippen LogP contribution is -2.73. The molecule has 2 nitrogen and oxygen atoms in total. The smallest absolute Gasteiger partial charge is 0.133 e. The highest BCUT2D eigenvalue weighted by Gasteiger charge is 2.24. The molecule has 0 amide bonds. The van der Waals surface area contributed by atoms with Crippen LogP contribution in [-0.2, 0) is 5.41 Å². The Balaban J connectivity index is 2.10. The average molecular weight is 356 g/mol. The number of quaternary nitrogens is 1. The molecule has 0 spiro atoms. The van der Waals surface area contributed by atoms with Crippen LogP contribution in [0.2, 0.25) is 0 Å². The van der Waals surface area contributed by atoms with Gasteiger partial charge in [-0.2, -0.15) is 0 Å². The molecule has 2 rings (SSSR count). The largest absolute Gasteiger partial charge is 0.372 e. The Morgan fingerprint density at radius 2 is 1.69 bits per heavy atom. The number of nitrogens with two attached hydrogens (primary N) is 1. The number of rotatable bonds is 8. The van der Waals surface area contributed by atoms with Gasteiger partial charge in [-0.25, -0.2) is 4.39 Å². The van der Waals surface area contributed by atoms with Crippen molar-refractivity contribution in [3.8, 4) is 0 Å². The summed E-state index contributed by atoms with van der Waals surface area (Å²) in [5.41, 5.74) is 4.49. The first kappa shape index (κ1) is 20.2. The van der Waals surface area contributed by atoms with Gasteiger partial charge in [-0.05, 0) is 55.5 Å². The van der Waals surface area contributed by atoms with Crippen LogP contribution < -0.4 is 10.2 Å². The molecule has 0 heterocycles. The van der Waals surface area contributed by atoms with Crippen molar-refractivity contribution in [1.82, 2.24) is 0 Å². The zero-order chi connectivity index (χ0) is 19.2. The third-order valence-corrected chi connectivity index (χ3v) is 5.02. The number of halogens is 1. The molecule has 0 fully saturated rings. The van der Waals surface area contributed by atoms with Gasteiger partial charge >= 0.3 is 0 Å². The molecule has 26 heavy (non-hydrogen) atoms. The fraction of sp³-hybridized carbons (Fsp3) is 0.391. The molecule has 0 aliphatic carbocycles. The minimum absolute atomic E-state index is 0.123. The zero-order valence-corrected chi connectivity index (χ0v) is 16.7. The summed E-state index contributed by atoms with van der Waals surface area (Å²) in [6.45, 7) is 10.7. The molecule has 140 valence electrons. The maximum Gasteiger partial charge on any atom is 0.133 e. The summed E-state index contributed by atoms with van der Waals surface area (Å²) >= 11 is 0. The standard InChI is InChI=1S/C23H31FN2/c1-6-26(7-2)20-13-10-18(11-14-20)9-8-16-23(3,4)21-17-19(24)12-15-22(21)25-5/h8-15,17,25H,6-7,16H2,1-5H3/p+1/b9-8+. The lowest BCUT2D eigenvalue weighted by molar-refractivity contribution is -0.540. The first-order valence-electron chi connectivity index (χ1n) is 9.52. The molecule has 0 saturated carbocycles. The monoisotopic (exact) mass is 355 g/mol. The maximum absolute atomic E-state index is 13.7. The molecule has 2 aromatic carbocycles. The van der Waals surface area contributed by atoms with Crippen LogP contribution >= 0.6 is 0 Å². The van der Waals surface area contributed by atoms with E-state index in [4.69, 9.17) is 0 Å². The van der Waals surface area contributed by atoms with E-state index >= 15 is 0 Å². The van der Waals surface area contributed by atoms with Crippen LogP contribution in [-0.4, -0.2) is 20.1 Å². The van der Waals surface area contributed by atoms with E-state index in [1.165, 1.54) is 17.3 Å². The van der Waals surface area contributed by atoms with Crippen molar-refractivity contribution in [3.63, 3.8) is 0 Å². The third-order valence-electron chi connectivity index (χ3n) is 5.02. The van der Waals surface area contributed by atoms with Crippen molar-refractivity contribution in [3.05, 3.63) is 65.5 Å². The number of benzene rings is 2. The summed E-state index contributed by atoms with van der Waals surface area (Å²) in [5.74, 6) is -0.172. The van der Waals surface area contributed by atoms with Crippen molar-refractivity contribution < 1.29 is 9.71 Å². The summed E-state index contributed by atoms with van der Waals surface area (Å²) < 4.78 is 13.7. The van der Waals surface area contributed by atoms with Crippen LogP contribution in [0.5, 0.6) is 0 Å². The predicted molar refractivity (Wildman–Crippen MR) is 111 cm³/mol. The Morgan fingerprint density at radius 3 is 2.27 bits per heavy atom. The number of nitrogens with zero attached hydrogens (tertiary/aromatic N) is 1. The van der Waals surface area contributed by atoms with Crippen LogP contribution in [0.15, 0.2) is 48.5 Å². The van der Waals surface area contributed by atoms with Crippen LogP contribution in [0.3, 0.4) is 0 Å². The van der Waals surface area contributed by atoms with E-state index in [9.17, 15) is 4.39 Å². The number of hydrogen-bond acceptors (Lipinski definition) is 1. The normalized spacial score (nSPS) is 11.9. The van der Waals surface area contributed by atoms with Crippen LogP contribution in [0.1, 0.15) is 45.2 Å². The van der Waals surface area contributed by atoms with Gasteiger partial charge < -0.3 is 10.2 Å². The highest BCUT2D eigenvalue weighted by Crippen LogP contribution is 2.32. The van der Waals surface area contributed by atoms with Crippen molar-refractivity contribution in [2.24, 2.45) is 0 Å². The molecular formula is C23H32FN2+. The predicted octanol–water partition coefficient (Wildman–Crippen LogP) is 4.88. The van der Waals surface area contributed by atoms with Gasteiger partial charge in [0.25, 0.3) is 0 Å². The van der Waals surface area contributed by atoms with Gasteiger partial charge in [-0.15, -0.1) is 0 Å². The fourth-order valence-corrected chi connectivity index (χ4v) is 3.35. The van der Waals surface area contributed by atoms with Gasteiger partial charge in [0.2, 0.25) is 0 Å². The Kier molecular flexibility index (Phi) is 6.98. The first-order valence-corrected chi connectivity index (χ1v) is 9.52. The van der Waals surface area contributed by atoms with Crippen molar-refractivity contribution >= 4 is 17.5 Å². The summed E-state index contributed by atoms with van der Waals surface area (Å²) in [5, 5.41) is 2.05. The molecule has 3 heteroatoms. The molecular weight excluding hydrogens is 323 g/mol. The molecule has 0 bridgehead atoms. The van der Waals surface area contributed by atoms with E-state index in [-0.39, 0.29) is 11.2 Å². The number of hydrogen-bond donors (Lipinski definition) is 1. The molecule has 0 aliphatic rings. The van der Waals surface area contributed by atoms with Gasteiger partial charge in [0.05, 0.1) is 7.05 Å². The highest BCUT2D eigenvalue weighted by molar-refractivity contribution is 5.56. The second-order valence-corrected chi connectivity index (χ2v) is 7.27. The molecule has 0 unspecified atom stereocenters. The van der Waals surface area contributed by atoms with Gasteiger partial charge in [0, 0.05) is 30.4 Å². The molecule has 0 atom stereocenters. The van der Waals surface area contributed by atoms with Crippen LogP contribution in [0.25, 0.3) is 6.08 Å². The lowest BCUT2D eigenvalue weighted by Gasteiger charge is -2.24. The molecule has 0 saturated heterocycles. The van der Waals surface area contributed by atoms with Gasteiger partial charge in [-0.3, -0.25) is 0 Å². The molecule has 2 N–H and O–H groups in total. The minimum Gasteiger partial charge on any atom is -0.372 e. The number of allylic oxidation sites excluding steroid dienone is 1. The van der Waals surface area contributed by atoms with E-state index in [1.54, 1.807) is 6.07 Å². The Bertz CT molecular complexity index is 728.